The third-order valence-corrected chi connectivity index (χ3v) is 4.86. The minimum atomic E-state index is -1.98. The summed E-state index contributed by atoms with van der Waals surface area (Å²) in [6.45, 7) is 5.96. The minimum Gasteiger partial charge on any atom is -0.491 e. The van der Waals surface area contributed by atoms with Gasteiger partial charge in [-0.3, -0.25) is 0 Å². The van der Waals surface area contributed by atoms with Crippen LogP contribution in [0.5, 0.6) is 0 Å². The molecule has 0 saturated heterocycles. The number of carboxylic acid groups (broad SMARTS) is 1. The molecular weight excluding hydrogens is 320 g/mol. The summed E-state index contributed by atoms with van der Waals surface area (Å²) in [4.78, 5) is 11.7. The molecule has 6 nitrogen and oxygen atoms in total. The molecule has 142 valence electrons. The van der Waals surface area contributed by atoms with Crippen LogP contribution in [-0.2, 0) is 9.53 Å². The van der Waals surface area contributed by atoms with Crippen LogP contribution >= 0.6 is 0 Å². The first-order chi connectivity index (χ1) is 11.7. The third-order valence-electron chi connectivity index (χ3n) is 4.86. The van der Waals surface area contributed by atoms with Gasteiger partial charge in [0.2, 0.25) is 0 Å². The Kier molecular flexibility index (Phi) is 6.52. The number of nitrogens with two attached hydrogens (primary N) is 1. The van der Waals surface area contributed by atoms with Crippen LogP contribution in [0.4, 0.5) is 0 Å². The first-order valence-electron chi connectivity index (χ1n) is 9.23. The number of nitrogens with one attached hydrogen (secondary N) is 1. The van der Waals surface area contributed by atoms with Crippen molar-refractivity contribution in [2.45, 2.75) is 76.7 Å². The lowest BCUT2D eigenvalue weighted by Gasteiger charge is -2.34. The highest BCUT2D eigenvalue weighted by Gasteiger charge is 2.44. The average molecular weight is 352 g/mol. The smallest absolute Gasteiger partial charge is 0.337 e. The van der Waals surface area contributed by atoms with Crippen molar-refractivity contribution in [1.82, 2.24) is 5.32 Å². The molecule has 1 aliphatic heterocycles. The Morgan fingerprint density at radius 3 is 2.68 bits per heavy atom. The normalized spacial score (nSPS) is 24.9. The molecule has 1 aliphatic carbocycles. The monoisotopic (exact) mass is 352 g/mol. The van der Waals surface area contributed by atoms with Crippen molar-refractivity contribution in [1.29, 1.82) is 0 Å². The van der Waals surface area contributed by atoms with Crippen LogP contribution in [0.1, 0.15) is 52.9 Å². The number of hydrogen-bond donors (Lipinski definition) is 4. The van der Waals surface area contributed by atoms with Crippen LogP contribution in [0.3, 0.4) is 0 Å². The molecule has 2 rings (SSSR count). The summed E-state index contributed by atoms with van der Waals surface area (Å²) in [5.41, 5.74) is 4.04. The fourth-order valence-electron chi connectivity index (χ4n) is 3.29. The second-order valence-electron chi connectivity index (χ2n) is 7.95. The van der Waals surface area contributed by atoms with Crippen molar-refractivity contribution in [2.24, 2.45) is 17.6 Å². The first-order valence-corrected chi connectivity index (χ1v) is 9.23. The third kappa shape index (κ3) is 5.75. The van der Waals surface area contributed by atoms with Crippen LogP contribution in [0.25, 0.3) is 0 Å². The second kappa shape index (κ2) is 8.23. The number of rotatable bonds is 10. The molecule has 1 fully saturated rings. The molecular formula is C19H32N2O4. The van der Waals surface area contributed by atoms with Gasteiger partial charge in [0, 0.05) is 18.7 Å². The fourth-order valence-corrected chi connectivity index (χ4v) is 3.29. The number of carboxylic acids is 1. The Labute approximate surface area is 150 Å². The van der Waals surface area contributed by atoms with Gasteiger partial charge < -0.3 is 26.0 Å². The van der Waals surface area contributed by atoms with Crippen molar-refractivity contribution in [3.63, 3.8) is 0 Å². The van der Waals surface area contributed by atoms with E-state index in [-0.39, 0.29) is 24.5 Å². The van der Waals surface area contributed by atoms with Gasteiger partial charge >= 0.3 is 5.97 Å². The maximum atomic E-state index is 11.7. The molecule has 5 N–H and O–H groups in total. The van der Waals surface area contributed by atoms with Crippen molar-refractivity contribution in [3.05, 3.63) is 24.1 Å². The number of carbonyl (C=O) groups is 1. The maximum absolute atomic E-state index is 11.7. The van der Waals surface area contributed by atoms with Gasteiger partial charge in [-0.15, -0.1) is 0 Å². The quantitative estimate of drug-likeness (QED) is 0.480. The molecule has 6 heteroatoms. The van der Waals surface area contributed by atoms with E-state index in [1.54, 1.807) is 6.20 Å². The van der Waals surface area contributed by atoms with Gasteiger partial charge in [-0.25, -0.2) is 4.79 Å². The highest BCUT2D eigenvalue weighted by Crippen LogP contribution is 2.34. The van der Waals surface area contributed by atoms with Crippen molar-refractivity contribution in [2.75, 3.05) is 0 Å². The van der Waals surface area contributed by atoms with E-state index in [1.807, 2.05) is 26.0 Å². The SMILES string of the molecule is CC(C)C[C@H](N)[C@](O)(CC1C=C(O[C@H](C)CC2CC2)C=CN1)C(=O)O. The summed E-state index contributed by atoms with van der Waals surface area (Å²) in [7, 11) is 0. The Morgan fingerprint density at radius 2 is 2.12 bits per heavy atom. The zero-order valence-electron chi connectivity index (χ0n) is 15.4. The minimum absolute atomic E-state index is 0.00950. The lowest BCUT2D eigenvalue weighted by Crippen LogP contribution is -2.57. The highest BCUT2D eigenvalue weighted by molar-refractivity contribution is 5.78. The Bertz CT molecular complexity index is 528. The summed E-state index contributed by atoms with van der Waals surface area (Å²) >= 11 is 0. The first kappa shape index (κ1) is 19.8. The van der Waals surface area contributed by atoms with Gasteiger partial charge in [0.1, 0.15) is 5.76 Å². The fraction of sp³-hybridized carbons (Fsp3) is 0.737. The molecule has 0 aromatic rings. The number of aliphatic hydroxyl groups is 1. The van der Waals surface area contributed by atoms with Crippen LogP contribution in [0.2, 0.25) is 0 Å². The number of hydrogen-bond acceptors (Lipinski definition) is 5. The molecule has 25 heavy (non-hydrogen) atoms. The summed E-state index contributed by atoms with van der Waals surface area (Å²) in [5.74, 6) is 0.415. The lowest BCUT2D eigenvalue weighted by molar-refractivity contribution is -0.162. The molecule has 0 radical (unpaired) electrons. The summed E-state index contributed by atoms with van der Waals surface area (Å²) in [5, 5.41) is 23.3. The van der Waals surface area contributed by atoms with Crippen LogP contribution in [0, 0.1) is 11.8 Å². The topological polar surface area (TPSA) is 105 Å². The molecule has 0 aromatic carbocycles. The molecule has 0 spiro atoms. The molecule has 1 heterocycles. The van der Waals surface area contributed by atoms with Gasteiger partial charge in [-0.1, -0.05) is 26.7 Å². The lowest BCUT2D eigenvalue weighted by atomic mass is 9.83. The standard InChI is InChI=1S/C19H32N2O4/c1-12(2)8-17(20)19(24,18(22)23)11-15-10-16(6-7-21-15)25-13(3)9-14-4-5-14/h6-7,10,12-15,17,21,24H,4-5,8-9,11,20H2,1-3H3,(H,22,23)/t13-,15?,17+,19-/m1/s1. The van der Waals surface area contributed by atoms with Crippen molar-refractivity contribution >= 4 is 5.97 Å². The van der Waals surface area contributed by atoms with Crippen molar-refractivity contribution in [3.8, 4) is 0 Å². The highest BCUT2D eigenvalue weighted by atomic mass is 16.5. The van der Waals surface area contributed by atoms with E-state index in [1.165, 1.54) is 12.8 Å². The summed E-state index contributed by atoms with van der Waals surface area (Å²) in [6.07, 6.45) is 9.57. The Balaban J connectivity index is 2.00. The molecule has 4 atom stereocenters. The molecule has 1 saturated carbocycles. The predicted molar refractivity (Wildman–Crippen MR) is 96.7 cm³/mol. The predicted octanol–water partition coefficient (Wildman–Crippen LogP) is 2.14. The van der Waals surface area contributed by atoms with Gasteiger partial charge in [-0.05, 0) is 43.8 Å². The largest absolute Gasteiger partial charge is 0.491 e. The number of dihydropyridines is 1. The number of aliphatic carboxylic acids is 1. The summed E-state index contributed by atoms with van der Waals surface area (Å²) in [6, 6.07) is -1.17. The van der Waals surface area contributed by atoms with Crippen LogP contribution in [0.15, 0.2) is 24.1 Å². The molecule has 0 bridgehead atoms. The molecule has 0 amide bonds. The van der Waals surface area contributed by atoms with E-state index in [0.29, 0.717) is 12.2 Å². The van der Waals surface area contributed by atoms with E-state index in [2.05, 4.69) is 12.2 Å². The number of allylic oxidation sites excluding steroid dienone is 1. The van der Waals surface area contributed by atoms with Gasteiger partial charge in [0.05, 0.1) is 12.1 Å². The molecule has 0 aromatic heterocycles. The average Bonchev–Trinajstić information content (AvgIpc) is 3.30. The number of ether oxygens (including phenoxy) is 1. The zero-order valence-corrected chi connectivity index (χ0v) is 15.4. The van der Waals surface area contributed by atoms with Gasteiger partial charge in [0.15, 0.2) is 5.60 Å². The van der Waals surface area contributed by atoms with E-state index in [9.17, 15) is 15.0 Å². The van der Waals surface area contributed by atoms with Crippen LogP contribution < -0.4 is 11.1 Å². The zero-order chi connectivity index (χ0) is 18.6. The Hall–Kier alpha value is -1.53. The van der Waals surface area contributed by atoms with E-state index in [4.69, 9.17) is 10.5 Å². The van der Waals surface area contributed by atoms with Crippen LogP contribution in [-0.4, -0.2) is 40.0 Å². The van der Waals surface area contributed by atoms with E-state index < -0.39 is 17.6 Å². The molecule has 2 aliphatic rings. The Morgan fingerprint density at radius 1 is 1.44 bits per heavy atom. The van der Waals surface area contributed by atoms with Gasteiger partial charge in [0.25, 0.3) is 0 Å². The molecule has 1 unspecified atom stereocenters. The van der Waals surface area contributed by atoms with Crippen molar-refractivity contribution < 1.29 is 19.7 Å². The van der Waals surface area contributed by atoms with Gasteiger partial charge in [-0.2, -0.15) is 0 Å². The maximum Gasteiger partial charge on any atom is 0.337 e. The van der Waals surface area contributed by atoms with E-state index >= 15 is 0 Å². The van der Waals surface area contributed by atoms with E-state index in [0.717, 1.165) is 12.3 Å². The summed E-state index contributed by atoms with van der Waals surface area (Å²) < 4.78 is 5.95. The second-order valence-corrected chi connectivity index (χ2v) is 7.95.